The first-order valence-electron chi connectivity index (χ1n) is 5.08. The van der Waals surface area contributed by atoms with Crippen LogP contribution in [0.3, 0.4) is 0 Å². The quantitative estimate of drug-likeness (QED) is 0.755. The molecule has 1 aromatic rings. The Morgan fingerprint density at radius 1 is 1.32 bits per heavy atom. The summed E-state index contributed by atoms with van der Waals surface area (Å²) in [6.07, 6.45) is -0.508. The Labute approximate surface area is 118 Å². The fraction of sp³-hybridized carbons (Fsp3) is 0.182. The number of halogens is 2. The maximum atomic E-state index is 11.8. The molecule has 2 amide bonds. The molecule has 0 saturated heterocycles. The van der Waals surface area contributed by atoms with E-state index in [1.165, 1.54) is 18.2 Å². The molecule has 1 atom stereocenters. The lowest BCUT2D eigenvalue weighted by atomic mass is 10.1. The molecule has 0 bridgehead atoms. The minimum atomic E-state index is -1.41. The SMILES string of the molecule is NC(=O)CC(NC(=O)c1ccc(Cl)cc1Cl)C(=O)O. The fourth-order valence-electron chi connectivity index (χ4n) is 1.31. The highest BCUT2D eigenvalue weighted by Gasteiger charge is 2.23. The van der Waals surface area contributed by atoms with Crippen molar-refractivity contribution in [3.8, 4) is 0 Å². The average Bonchev–Trinajstić information content (AvgIpc) is 2.26. The zero-order valence-electron chi connectivity index (χ0n) is 9.52. The van der Waals surface area contributed by atoms with Gasteiger partial charge in [-0.05, 0) is 18.2 Å². The molecule has 0 aliphatic carbocycles. The monoisotopic (exact) mass is 304 g/mol. The van der Waals surface area contributed by atoms with Crippen LogP contribution in [0.25, 0.3) is 0 Å². The van der Waals surface area contributed by atoms with Gasteiger partial charge in [0, 0.05) is 5.02 Å². The van der Waals surface area contributed by atoms with Gasteiger partial charge in [-0.2, -0.15) is 0 Å². The van der Waals surface area contributed by atoms with Crippen LogP contribution in [0, 0.1) is 0 Å². The van der Waals surface area contributed by atoms with Gasteiger partial charge in [-0.25, -0.2) is 4.79 Å². The van der Waals surface area contributed by atoms with E-state index in [4.69, 9.17) is 34.0 Å². The molecular weight excluding hydrogens is 295 g/mol. The van der Waals surface area contributed by atoms with Crippen molar-refractivity contribution in [1.82, 2.24) is 5.32 Å². The molecule has 8 heteroatoms. The summed E-state index contributed by atoms with van der Waals surface area (Å²) in [5.74, 6) is -2.93. The molecule has 1 unspecified atom stereocenters. The number of carbonyl (C=O) groups is 3. The Bertz CT molecular complexity index is 533. The van der Waals surface area contributed by atoms with Crippen molar-refractivity contribution in [2.75, 3.05) is 0 Å². The van der Waals surface area contributed by atoms with Gasteiger partial charge < -0.3 is 16.2 Å². The zero-order valence-corrected chi connectivity index (χ0v) is 11.0. The van der Waals surface area contributed by atoms with Crippen LogP contribution in [0.1, 0.15) is 16.8 Å². The summed E-state index contributed by atoms with van der Waals surface area (Å²) in [5, 5.41) is 11.4. The first-order valence-corrected chi connectivity index (χ1v) is 5.84. The molecule has 4 N–H and O–H groups in total. The van der Waals surface area contributed by atoms with E-state index in [0.29, 0.717) is 5.02 Å². The van der Waals surface area contributed by atoms with Crippen LogP contribution in [0.4, 0.5) is 0 Å². The van der Waals surface area contributed by atoms with Crippen molar-refractivity contribution < 1.29 is 19.5 Å². The van der Waals surface area contributed by atoms with Gasteiger partial charge in [0.25, 0.3) is 5.91 Å². The largest absolute Gasteiger partial charge is 0.480 e. The van der Waals surface area contributed by atoms with Gasteiger partial charge in [0.1, 0.15) is 6.04 Å². The van der Waals surface area contributed by atoms with E-state index >= 15 is 0 Å². The molecule has 0 radical (unpaired) electrons. The zero-order chi connectivity index (χ0) is 14.6. The number of nitrogens with one attached hydrogen (secondary N) is 1. The molecule has 102 valence electrons. The second-order valence-electron chi connectivity index (χ2n) is 3.66. The first kappa shape index (κ1) is 15.3. The number of nitrogens with two attached hydrogens (primary N) is 1. The molecule has 0 aliphatic heterocycles. The Morgan fingerprint density at radius 3 is 2.42 bits per heavy atom. The first-order chi connectivity index (χ1) is 8.81. The highest BCUT2D eigenvalue weighted by atomic mass is 35.5. The lowest BCUT2D eigenvalue weighted by Crippen LogP contribution is -2.43. The van der Waals surface area contributed by atoms with Gasteiger partial charge in [0.15, 0.2) is 0 Å². The Kier molecular flexibility index (Phi) is 5.14. The molecule has 0 heterocycles. The van der Waals surface area contributed by atoms with Gasteiger partial charge in [0.05, 0.1) is 17.0 Å². The Morgan fingerprint density at radius 2 is 1.95 bits per heavy atom. The average molecular weight is 305 g/mol. The molecule has 0 aromatic heterocycles. The van der Waals surface area contributed by atoms with Crippen molar-refractivity contribution in [2.24, 2.45) is 5.73 Å². The number of amides is 2. The normalized spacial score (nSPS) is 11.7. The summed E-state index contributed by atoms with van der Waals surface area (Å²) in [6.45, 7) is 0. The number of hydrogen-bond donors (Lipinski definition) is 3. The third-order valence-electron chi connectivity index (χ3n) is 2.18. The van der Waals surface area contributed by atoms with Crippen LogP contribution in [0.5, 0.6) is 0 Å². The van der Waals surface area contributed by atoms with Gasteiger partial charge >= 0.3 is 5.97 Å². The second kappa shape index (κ2) is 6.40. The van der Waals surface area contributed by atoms with E-state index in [0.717, 1.165) is 0 Å². The van der Waals surface area contributed by atoms with E-state index in [-0.39, 0.29) is 10.6 Å². The number of primary amides is 1. The van der Waals surface area contributed by atoms with Crippen LogP contribution in [-0.2, 0) is 9.59 Å². The van der Waals surface area contributed by atoms with E-state index in [2.05, 4.69) is 5.32 Å². The predicted molar refractivity (Wildman–Crippen MR) is 69.2 cm³/mol. The minimum Gasteiger partial charge on any atom is -0.480 e. The fourth-order valence-corrected chi connectivity index (χ4v) is 1.81. The lowest BCUT2D eigenvalue weighted by Gasteiger charge is -2.13. The summed E-state index contributed by atoms with van der Waals surface area (Å²) in [6, 6.07) is 2.73. The number of benzene rings is 1. The van der Waals surface area contributed by atoms with Crippen LogP contribution in [0.15, 0.2) is 18.2 Å². The number of hydrogen-bond acceptors (Lipinski definition) is 3. The third-order valence-corrected chi connectivity index (χ3v) is 2.73. The van der Waals surface area contributed by atoms with E-state index in [1.807, 2.05) is 0 Å². The topological polar surface area (TPSA) is 109 Å². The molecule has 6 nitrogen and oxygen atoms in total. The highest BCUT2D eigenvalue weighted by Crippen LogP contribution is 2.20. The third kappa shape index (κ3) is 4.42. The summed E-state index contributed by atoms with van der Waals surface area (Å²) >= 11 is 11.5. The minimum absolute atomic E-state index is 0.0572. The predicted octanol–water partition coefficient (Wildman–Crippen LogP) is 1.05. The summed E-state index contributed by atoms with van der Waals surface area (Å²) in [7, 11) is 0. The lowest BCUT2D eigenvalue weighted by molar-refractivity contribution is -0.140. The molecule has 0 saturated carbocycles. The van der Waals surface area contributed by atoms with Gasteiger partial charge in [0.2, 0.25) is 5.91 Å². The maximum absolute atomic E-state index is 11.8. The second-order valence-corrected chi connectivity index (χ2v) is 4.50. The molecular formula is C11H10Cl2N2O4. The molecule has 1 rings (SSSR count). The summed E-state index contributed by atoms with van der Waals surface area (Å²) in [4.78, 5) is 33.4. The molecule has 0 aliphatic rings. The van der Waals surface area contributed by atoms with Gasteiger partial charge in [-0.15, -0.1) is 0 Å². The van der Waals surface area contributed by atoms with Gasteiger partial charge in [-0.3, -0.25) is 9.59 Å². The molecule has 0 fully saturated rings. The Hall–Kier alpha value is -1.79. The van der Waals surface area contributed by atoms with Crippen molar-refractivity contribution >= 4 is 41.0 Å². The molecule has 19 heavy (non-hydrogen) atoms. The Balaban J connectivity index is 2.87. The number of rotatable bonds is 5. The van der Waals surface area contributed by atoms with Crippen LogP contribution in [-0.4, -0.2) is 28.9 Å². The number of carboxylic acids is 1. The van der Waals surface area contributed by atoms with Crippen molar-refractivity contribution in [2.45, 2.75) is 12.5 Å². The molecule has 0 spiro atoms. The summed E-state index contributed by atoms with van der Waals surface area (Å²) < 4.78 is 0. The number of carboxylic acid groups (broad SMARTS) is 1. The van der Waals surface area contributed by atoms with E-state index < -0.39 is 30.2 Å². The standard InChI is InChI=1S/C11H10Cl2N2O4/c12-5-1-2-6(7(13)3-5)10(17)15-8(11(18)19)4-9(14)16/h1-3,8H,4H2,(H2,14,16)(H,15,17)(H,18,19). The van der Waals surface area contributed by atoms with Crippen LogP contribution >= 0.6 is 23.2 Å². The van der Waals surface area contributed by atoms with E-state index in [9.17, 15) is 14.4 Å². The van der Waals surface area contributed by atoms with Crippen molar-refractivity contribution in [1.29, 1.82) is 0 Å². The van der Waals surface area contributed by atoms with Crippen LogP contribution < -0.4 is 11.1 Å². The van der Waals surface area contributed by atoms with Crippen molar-refractivity contribution in [3.63, 3.8) is 0 Å². The smallest absolute Gasteiger partial charge is 0.326 e. The highest BCUT2D eigenvalue weighted by molar-refractivity contribution is 6.36. The van der Waals surface area contributed by atoms with Gasteiger partial charge in [-0.1, -0.05) is 23.2 Å². The van der Waals surface area contributed by atoms with Crippen molar-refractivity contribution in [3.05, 3.63) is 33.8 Å². The number of aliphatic carboxylic acids is 1. The van der Waals surface area contributed by atoms with Crippen LogP contribution in [0.2, 0.25) is 10.0 Å². The maximum Gasteiger partial charge on any atom is 0.326 e. The molecule has 1 aromatic carbocycles. The number of carbonyl (C=O) groups excluding carboxylic acids is 2. The van der Waals surface area contributed by atoms with E-state index in [1.54, 1.807) is 0 Å². The summed E-state index contributed by atoms with van der Waals surface area (Å²) in [5.41, 5.74) is 4.96.